The zero-order valence-electron chi connectivity index (χ0n) is 11.3. The monoisotopic (exact) mass is 333 g/mol. The fraction of sp³-hybridized carbons (Fsp3) is 0.0667. The Morgan fingerprint density at radius 1 is 1.27 bits per heavy atom. The Hall–Kier alpha value is -2.42. The van der Waals surface area contributed by atoms with Crippen LogP contribution < -0.4 is 4.74 Å². The molecule has 22 heavy (non-hydrogen) atoms. The average molecular weight is 334 g/mol. The zero-order valence-corrected chi connectivity index (χ0v) is 12.9. The molecule has 0 aromatic heterocycles. The molecule has 0 radical (unpaired) electrons. The highest BCUT2D eigenvalue weighted by molar-refractivity contribution is 6.37. The summed E-state index contributed by atoms with van der Waals surface area (Å²) in [7, 11) is 1.51. The minimum absolute atomic E-state index is 0.277. The number of methoxy groups -OCH3 is 1. The van der Waals surface area contributed by atoms with Gasteiger partial charge in [0.15, 0.2) is 5.82 Å². The molecule has 0 saturated carbocycles. The molecular formula is C15H9Cl2N3O2. The Bertz CT molecular complexity index is 883. The van der Waals surface area contributed by atoms with Gasteiger partial charge in [-0.1, -0.05) is 23.2 Å². The molecule has 0 fully saturated rings. The Morgan fingerprint density at radius 3 is 2.73 bits per heavy atom. The second-order valence-electron chi connectivity index (χ2n) is 4.52. The van der Waals surface area contributed by atoms with Crippen molar-refractivity contribution in [1.29, 1.82) is 5.26 Å². The lowest BCUT2D eigenvalue weighted by Crippen LogP contribution is -2.00. The number of benzene rings is 1. The van der Waals surface area contributed by atoms with Crippen molar-refractivity contribution in [3.05, 3.63) is 46.2 Å². The molecule has 110 valence electrons. The lowest BCUT2D eigenvalue weighted by molar-refractivity contribution is 0.187. The van der Waals surface area contributed by atoms with E-state index in [9.17, 15) is 10.5 Å². The van der Waals surface area contributed by atoms with Crippen LogP contribution in [0, 0.1) is 11.3 Å². The van der Waals surface area contributed by atoms with Gasteiger partial charge in [0.2, 0.25) is 0 Å². The fourth-order valence-corrected chi connectivity index (χ4v) is 2.88. The van der Waals surface area contributed by atoms with Crippen LogP contribution in [-0.4, -0.2) is 22.0 Å². The van der Waals surface area contributed by atoms with Crippen LogP contribution in [0.4, 0.5) is 0 Å². The van der Waals surface area contributed by atoms with Crippen molar-refractivity contribution in [2.45, 2.75) is 0 Å². The Labute approximate surface area is 136 Å². The van der Waals surface area contributed by atoms with Crippen molar-refractivity contribution in [2.24, 2.45) is 0 Å². The molecule has 2 aliphatic rings. The van der Waals surface area contributed by atoms with Crippen LogP contribution >= 0.6 is 23.2 Å². The number of hydrogen-bond acceptors (Lipinski definition) is 4. The fourth-order valence-electron chi connectivity index (χ4n) is 2.31. The van der Waals surface area contributed by atoms with Crippen LogP contribution in [0.3, 0.4) is 0 Å². The third-order valence-corrected chi connectivity index (χ3v) is 3.94. The van der Waals surface area contributed by atoms with E-state index in [0.29, 0.717) is 38.0 Å². The number of fused-ring (bicyclic) bond motifs is 1. The number of halogens is 2. The summed E-state index contributed by atoms with van der Waals surface area (Å²) in [5, 5.41) is 19.9. The van der Waals surface area contributed by atoms with Crippen LogP contribution in [0.15, 0.2) is 30.6 Å². The summed E-state index contributed by atoms with van der Waals surface area (Å²) in [4.78, 5) is 4.06. The summed E-state index contributed by atoms with van der Waals surface area (Å²) in [6, 6.07) is 6.98. The molecule has 0 unspecified atom stereocenters. The maximum Gasteiger partial charge on any atom is 0.177 e. The van der Waals surface area contributed by atoms with Crippen LogP contribution in [0.25, 0.3) is 22.5 Å². The number of aromatic nitrogens is 2. The number of pyridine rings is 1. The molecule has 0 atom stereocenters. The molecule has 2 heterocycles. The summed E-state index contributed by atoms with van der Waals surface area (Å²) in [5.74, 6) is 0.743. The Balaban J connectivity index is 2.34. The lowest BCUT2D eigenvalue weighted by Gasteiger charge is -2.14. The first-order chi connectivity index (χ1) is 10.6. The molecule has 7 heteroatoms. The van der Waals surface area contributed by atoms with Crippen molar-refractivity contribution in [1.82, 2.24) is 9.71 Å². The van der Waals surface area contributed by atoms with Gasteiger partial charge in [0.1, 0.15) is 11.8 Å². The smallest absolute Gasteiger partial charge is 0.177 e. The molecule has 0 saturated heterocycles. The van der Waals surface area contributed by atoms with E-state index < -0.39 is 0 Å². The second-order valence-corrected chi connectivity index (χ2v) is 5.34. The van der Waals surface area contributed by atoms with E-state index in [1.807, 2.05) is 0 Å². The van der Waals surface area contributed by atoms with Gasteiger partial charge in [0, 0.05) is 23.5 Å². The molecule has 0 amide bonds. The van der Waals surface area contributed by atoms with E-state index in [0.717, 1.165) is 4.73 Å². The van der Waals surface area contributed by atoms with E-state index >= 15 is 0 Å². The standard InChI is InChI=1S/C15H9Cl2N3O2/c1-22-13-4-10(11(16)5-12(13)17)9-2-3-20(21)15-14(9)8(6-18)7-19-15/h2-5,7,21H,1H3. The van der Waals surface area contributed by atoms with Gasteiger partial charge in [-0.2, -0.15) is 9.99 Å². The first kappa shape index (κ1) is 14.5. The lowest BCUT2D eigenvalue weighted by atomic mass is 9.98. The van der Waals surface area contributed by atoms with Crippen molar-refractivity contribution in [3.63, 3.8) is 0 Å². The van der Waals surface area contributed by atoms with Gasteiger partial charge in [-0.05, 0) is 23.8 Å². The zero-order chi connectivity index (χ0) is 15.9. The molecule has 5 nitrogen and oxygen atoms in total. The number of nitriles is 1. The highest BCUT2D eigenvalue weighted by atomic mass is 35.5. The highest BCUT2D eigenvalue weighted by Crippen LogP contribution is 2.42. The van der Waals surface area contributed by atoms with Gasteiger partial charge in [-0.3, -0.25) is 0 Å². The number of nitrogens with zero attached hydrogens (tertiary/aromatic N) is 3. The Morgan fingerprint density at radius 2 is 2.05 bits per heavy atom. The first-order valence-electron chi connectivity index (χ1n) is 6.19. The number of rotatable bonds is 2. The summed E-state index contributed by atoms with van der Waals surface area (Å²) < 4.78 is 6.07. The third kappa shape index (κ3) is 2.13. The van der Waals surface area contributed by atoms with E-state index in [1.54, 1.807) is 18.2 Å². The van der Waals surface area contributed by atoms with Gasteiger partial charge in [0.05, 0.1) is 22.7 Å². The maximum absolute atomic E-state index is 9.83. The van der Waals surface area contributed by atoms with E-state index in [4.69, 9.17) is 27.9 Å². The van der Waals surface area contributed by atoms with Gasteiger partial charge < -0.3 is 9.94 Å². The Kier molecular flexibility index (Phi) is 3.57. The van der Waals surface area contributed by atoms with Crippen molar-refractivity contribution in [2.75, 3.05) is 7.11 Å². The minimum Gasteiger partial charge on any atom is -0.495 e. The van der Waals surface area contributed by atoms with Gasteiger partial charge in [-0.15, -0.1) is 0 Å². The first-order valence-corrected chi connectivity index (χ1v) is 6.95. The molecule has 1 aromatic carbocycles. The average Bonchev–Trinajstić information content (AvgIpc) is 2.93. The van der Waals surface area contributed by atoms with E-state index in [2.05, 4.69) is 11.1 Å². The summed E-state index contributed by atoms with van der Waals surface area (Å²) in [6.45, 7) is 0. The molecule has 3 rings (SSSR count). The molecular weight excluding hydrogens is 325 g/mol. The summed E-state index contributed by atoms with van der Waals surface area (Å²) in [6.07, 6.45) is 2.84. The van der Waals surface area contributed by atoms with Gasteiger partial charge >= 0.3 is 0 Å². The molecule has 0 bridgehead atoms. The molecule has 1 N–H and O–H groups in total. The van der Waals surface area contributed by atoms with Crippen molar-refractivity contribution in [3.8, 4) is 34.3 Å². The minimum atomic E-state index is 0.277. The third-order valence-electron chi connectivity index (χ3n) is 3.33. The molecule has 2 aliphatic heterocycles. The molecule has 0 aliphatic carbocycles. The quantitative estimate of drug-likeness (QED) is 0.717. The van der Waals surface area contributed by atoms with Crippen LogP contribution in [0.5, 0.6) is 5.75 Å². The predicted molar refractivity (Wildman–Crippen MR) is 82.8 cm³/mol. The van der Waals surface area contributed by atoms with E-state index in [-0.39, 0.29) is 5.82 Å². The molecule has 1 aromatic rings. The molecule has 0 spiro atoms. The van der Waals surface area contributed by atoms with Crippen LogP contribution in [0.2, 0.25) is 10.0 Å². The SMILES string of the molecule is COc1cc(-c2ccn(O)c3ncc(C#N)c2-3)c(Cl)cc1Cl. The van der Waals surface area contributed by atoms with Crippen molar-refractivity contribution >= 4 is 23.2 Å². The predicted octanol–water partition coefficient (Wildman–Crippen LogP) is 4.08. The van der Waals surface area contributed by atoms with E-state index in [1.165, 1.54) is 19.5 Å². The largest absolute Gasteiger partial charge is 0.495 e. The second kappa shape index (κ2) is 5.41. The van der Waals surface area contributed by atoms with Crippen LogP contribution in [-0.2, 0) is 0 Å². The number of ether oxygens (including phenoxy) is 1. The van der Waals surface area contributed by atoms with Crippen molar-refractivity contribution < 1.29 is 9.94 Å². The summed E-state index contributed by atoms with van der Waals surface area (Å²) >= 11 is 12.3. The van der Waals surface area contributed by atoms with Crippen LogP contribution in [0.1, 0.15) is 5.56 Å². The summed E-state index contributed by atoms with van der Waals surface area (Å²) in [5.41, 5.74) is 2.16. The number of hydrogen-bond donors (Lipinski definition) is 1. The normalized spacial score (nSPS) is 10.6. The highest BCUT2D eigenvalue weighted by Gasteiger charge is 2.22. The van der Waals surface area contributed by atoms with Gasteiger partial charge in [0.25, 0.3) is 0 Å². The maximum atomic E-state index is 9.83. The topological polar surface area (TPSA) is 71.1 Å². The van der Waals surface area contributed by atoms with Gasteiger partial charge in [-0.25, -0.2) is 4.98 Å².